The van der Waals surface area contributed by atoms with Crippen molar-refractivity contribution >= 4 is 0 Å². The Kier molecular flexibility index (Phi) is 3.11. The second kappa shape index (κ2) is 4.11. The quantitative estimate of drug-likeness (QED) is 0.513. The monoisotopic (exact) mass is 183 g/mol. The van der Waals surface area contributed by atoms with E-state index in [9.17, 15) is 5.11 Å². The smallest absolute Gasteiger partial charge is 0.157 e. The number of hydrogen-bond acceptors (Lipinski definition) is 4. The van der Waals surface area contributed by atoms with Gasteiger partial charge in [-0.05, 0) is 30.7 Å². The number of aliphatic hydroxyl groups excluding tert-OH is 1. The molecule has 0 saturated carbocycles. The Balaban J connectivity index is 2.84. The third-order valence-corrected chi connectivity index (χ3v) is 1.82. The molecule has 4 heteroatoms. The number of aliphatic hydroxyl groups is 1. The minimum absolute atomic E-state index is 0.191. The van der Waals surface area contributed by atoms with Gasteiger partial charge < -0.3 is 21.1 Å². The SMILES string of the molecule is NCCC(O)c1ccc(O)c(O)c1. The average Bonchev–Trinajstić information content (AvgIpc) is 2.10. The Bertz CT molecular complexity index is 288. The van der Waals surface area contributed by atoms with Crippen LogP contribution < -0.4 is 5.73 Å². The van der Waals surface area contributed by atoms with E-state index < -0.39 is 6.10 Å². The van der Waals surface area contributed by atoms with Crippen LogP contribution in [0.25, 0.3) is 0 Å². The maximum absolute atomic E-state index is 9.46. The lowest BCUT2D eigenvalue weighted by molar-refractivity contribution is 0.170. The predicted octanol–water partition coefficient (Wildman–Crippen LogP) is 0.480. The van der Waals surface area contributed by atoms with E-state index in [1.54, 1.807) is 6.07 Å². The Morgan fingerprint density at radius 2 is 1.92 bits per heavy atom. The minimum Gasteiger partial charge on any atom is -0.504 e. The molecule has 0 fully saturated rings. The second-order valence-corrected chi connectivity index (χ2v) is 2.84. The van der Waals surface area contributed by atoms with Gasteiger partial charge in [-0.2, -0.15) is 0 Å². The van der Waals surface area contributed by atoms with Gasteiger partial charge >= 0.3 is 0 Å². The summed E-state index contributed by atoms with van der Waals surface area (Å²) in [7, 11) is 0. The van der Waals surface area contributed by atoms with Crippen molar-refractivity contribution in [3.63, 3.8) is 0 Å². The van der Waals surface area contributed by atoms with Crippen LogP contribution in [0, 0.1) is 0 Å². The zero-order valence-corrected chi connectivity index (χ0v) is 7.14. The molecule has 1 atom stereocenters. The number of phenolic OH excluding ortho intramolecular Hbond substituents is 2. The number of rotatable bonds is 3. The minimum atomic E-state index is -0.684. The van der Waals surface area contributed by atoms with Gasteiger partial charge in [0.25, 0.3) is 0 Å². The summed E-state index contributed by atoms with van der Waals surface area (Å²) >= 11 is 0. The van der Waals surface area contributed by atoms with Gasteiger partial charge in [-0.1, -0.05) is 6.07 Å². The summed E-state index contributed by atoms with van der Waals surface area (Å²) in [5.41, 5.74) is 5.82. The van der Waals surface area contributed by atoms with Crippen molar-refractivity contribution in [2.75, 3.05) is 6.54 Å². The van der Waals surface area contributed by atoms with Crippen molar-refractivity contribution in [2.24, 2.45) is 5.73 Å². The first kappa shape index (κ1) is 9.83. The van der Waals surface area contributed by atoms with Crippen molar-refractivity contribution in [1.82, 2.24) is 0 Å². The molecule has 0 saturated heterocycles. The molecular formula is C9H13NO3. The normalized spacial score (nSPS) is 12.8. The lowest BCUT2D eigenvalue weighted by Crippen LogP contribution is -2.06. The molecule has 4 nitrogen and oxygen atoms in total. The molecule has 13 heavy (non-hydrogen) atoms. The van der Waals surface area contributed by atoms with Crippen LogP contribution in [0.15, 0.2) is 18.2 Å². The molecule has 0 aliphatic rings. The third kappa shape index (κ3) is 2.34. The summed E-state index contributed by atoms with van der Waals surface area (Å²) in [5.74, 6) is -0.419. The molecule has 5 N–H and O–H groups in total. The van der Waals surface area contributed by atoms with Gasteiger partial charge in [0.05, 0.1) is 6.10 Å². The number of benzene rings is 1. The highest BCUT2D eigenvalue weighted by Crippen LogP contribution is 2.28. The molecule has 0 aliphatic heterocycles. The van der Waals surface area contributed by atoms with Crippen LogP contribution in [0.3, 0.4) is 0 Å². The molecule has 72 valence electrons. The fourth-order valence-electron chi connectivity index (χ4n) is 1.07. The summed E-state index contributed by atoms with van der Waals surface area (Å²) in [6.07, 6.45) is -0.249. The van der Waals surface area contributed by atoms with E-state index in [0.29, 0.717) is 18.5 Å². The highest BCUT2D eigenvalue weighted by molar-refractivity contribution is 5.41. The van der Waals surface area contributed by atoms with E-state index in [4.69, 9.17) is 15.9 Å². The molecule has 0 aliphatic carbocycles. The van der Waals surface area contributed by atoms with Crippen LogP contribution in [0.1, 0.15) is 18.1 Å². The standard InChI is InChI=1S/C9H13NO3/c10-4-3-7(11)6-1-2-8(12)9(13)5-6/h1-2,5,7,11-13H,3-4,10H2. The summed E-state index contributed by atoms with van der Waals surface area (Å²) in [5, 5.41) is 27.6. The van der Waals surface area contributed by atoms with Crippen LogP contribution >= 0.6 is 0 Å². The van der Waals surface area contributed by atoms with Crippen LogP contribution in [0.2, 0.25) is 0 Å². The van der Waals surface area contributed by atoms with Gasteiger partial charge in [0.15, 0.2) is 11.5 Å². The summed E-state index contributed by atoms with van der Waals surface area (Å²) in [6.45, 7) is 0.378. The topological polar surface area (TPSA) is 86.7 Å². The Morgan fingerprint density at radius 3 is 2.46 bits per heavy atom. The molecule has 0 spiro atoms. The van der Waals surface area contributed by atoms with Gasteiger partial charge in [-0.15, -0.1) is 0 Å². The molecular weight excluding hydrogens is 170 g/mol. The Hall–Kier alpha value is -1.26. The molecule has 0 amide bonds. The maximum Gasteiger partial charge on any atom is 0.157 e. The van der Waals surface area contributed by atoms with E-state index in [1.807, 2.05) is 0 Å². The van der Waals surface area contributed by atoms with Gasteiger partial charge in [0.2, 0.25) is 0 Å². The largest absolute Gasteiger partial charge is 0.504 e. The van der Waals surface area contributed by atoms with Crippen molar-refractivity contribution in [1.29, 1.82) is 0 Å². The van der Waals surface area contributed by atoms with Crippen LogP contribution in [0.5, 0.6) is 11.5 Å². The fourth-order valence-corrected chi connectivity index (χ4v) is 1.07. The van der Waals surface area contributed by atoms with Crippen molar-refractivity contribution < 1.29 is 15.3 Å². The van der Waals surface area contributed by atoms with Gasteiger partial charge in [0.1, 0.15) is 0 Å². The van der Waals surface area contributed by atoms with Crippen LogP contribution in [0.4, 0.5) is 0 Å². The highest BCUT2D eigenvalue weighted by Gasteiger charge is 2.08. The molecule has 1 aromatic rings. The zero-order valence-electron chi connectivity index (χ0n) is 7.14. The first-order valence-electron chi connectivity index (χ1n) is 4.05. The van der Waals surface area contributed by atoms with Crippen LogP contribution in [-0.4, -0.2) is 21.9 Å². The predicted molar refractivity (Wildman–Crippen MR) is 48.4 cm³/mol. The average molecular weight is 183 g/mol. The van der Waals surface area contributed by atoms with E-state index in [-0.39, 0.29) is 11.5 Å². The van der Waals surface area contributed by atoms with E-state index in [1.165, 1.54) is 12.1 Å². The second-order valence-electron chi connectivity index (χ2n) is 2.84. The maximum atomic E-state index is 9.46. The summed E-state index contributed by atoms with van der Waals surface area (Å²) in [6, 6.07) is 4.22. The molecule has 0 aromatic heterocycles. The summed E-state index contributed by atoms with van der Waals surface area (Å²) < 4.78 is 0. The Morgan fingerprint density at radius 1 is 1.23 bits per heavy atom. The molecule has 0 bridgehead atoms. The number of aromatic hydroxyl groups is 2. The van der Waals surface area contributed by atoms with Crippen molar-refractivity contribution in [3.8, 4) is 11.5 Å². The molecule has 1 unspecified atom stereocenters. The van der Waals surface area contributed by atoms with Crippen molar-refractivity contribution in [3.05, 3.63) is 23.8 Å². The fraction of sp³-hybridized carbons (Fsp3) is 0.333. The van der Waals surface area contributed by atoms with Gasteiger partial charge in [0, 0.05) is 0 Å². The lowest BCUT2D eigenvalue weighted by atomic mass is 10.1. The number of phenols is 2. The molecule has 0 radical (unpaired) electrons. The first-order chi connectivity index (χ1) is 6.15. The van der Waals surface area contributed by atoms with Crippen molar-refractivity contribution in [2.45, 2.75) is 12.5 Å². The number of hydrogen-bond donors (Lipinski definition) is 4. The van der Waals surface area contributed by atoms with Crippen LogP contribution in [-0.2, 0) is 0 Å². The van der Waals surface area contributed by atoms with E-state index in [2.05, 4.69) is 0 Å². The first-order valence-corrected chi connectivity index (χ1v) is 4.05. The summed E-state index contributed by atoms with van der Waals surface area (Å²) in [4.78, 5) is 0. The van der Waals surface area contributed by atoms with E-state index in [0.717, 1.165) is 0 Å². The number of nitrogens with two attached hydrogens (primary N) is 1. The third-order valence-electron chi connectivity index (χ3n) is 1.82. The molecule has 0 heterocycles. The Labute approximate surface area is 76.2 Å². The molecule has 1 aromatic carbocycles. The highest BCUT2D eigenvalue weighted by atomic mass is 16.3. The van der Waals surface area contributed by atoms with E-state index >= 15 is 0 Å². The zero-order chi connectivity index (χ0) is 9.84. The lowest BCUT2D eigenvalue weighted by Gasteiger charge is -2.09. The van der Waals surface area contributed by atoms with Gasteiger partial charge in [-0.3, -0.25) is 0 Å². The molecule has 1 rings (SSSR count). The van der Waals surface area contributed by atoms with Gasteiger partial charge in [-0.25, -0.2) is 0 Å².